The molecular weight excluding hydrogens is 284 g/mol. The zero-order valence-corrected chi connectivity index (χ0v) is 12.4. The molecular formula is C20H14N2O. The summed E-state index contributed by atoms with van der Waals surface area (Å²) < 4.78 is 0. The van der Waals surface area contributed by atoms with Crippen LogP contribution in [-0.2, 0) is 0 Å². The fourth-order valence-corrected chi connectivity index (χ4v) is 2.88. The van der Waals surface area contributed by atoms with E-state index in [4.69, 9.17) is 0 Å². The van der Waals surface area contributed by atoms with Crippen molar-refractivity contribution in [2.45, 2.75) is 0 Å². The number of nitrogens with one attached hydrogen (secondary N) is 1. The van der Waals surface area contributed by atoms with Crippen LogP contribution in [0.5, 0.6) is 0 Å². The number of H-pyrrole nitrogens is 1. The first kappa shape index (κ1) is 13.5. The third-order valence-corrected chi connectivity index (χ3v) is 3.96. The third-order valence-electron chi connectivity index (χ3n) is 3.96. The number of carbonyl (C=O) groups is 1. The van der Waals surface area contributed by atoms with Crippen LogP contribution in [0.1, 0.15) is 15.9 Å². The fourth-order valence-electron chi connectivity index (χ4n) is 2.88. The summed E-state index contributed by atoms with van der Waals surface area (Å²) in [4.78, 5) is 19.7. The molecule has 1 amide bonds. The molecule has 1 N–H and O–H groups in total. The molecule has 2 aromatic carbocycles. The van der Waals surface area contributed by atoms with Gasteiger partial charge in [-0.05, 0) is 23.6 Å². The highest BCUT2D eigenvalue weighted by Crippen LogP contribution is 2.36. The number of rotatable bonds is 2. The third kappa shape index (κ3) is 2.32. The number of carbonyl (C=O) groups excluding carboxylic acids is 1. The van der Waals surface area contributed by atoms with Crippen LogP contribution < -0.4 is 0 Å². The molecule has 0 atom stereocenters. The fraction of sp³-hybridized carbons (Fsp3) is 0. The Labute approximate surface area is 133 Å². The van der Waals surface area contributed by atoms with E-state index in [9.17, 15) is 4.79 Å². The minimum Gasteiger partial charge on any atom is -0.361 e. The van der Waals surface area contributed by atoms with E-state index in [1.807, 2.05) is 48.7 Å². The highest BCUT2D eigenvalue weighted by Gasteiger charge is 2.16. The van der Waals surface area contributed by atoms with E-state index < -0.39 is 0 Å². The molecule has 2 aliphatic rings. The predicted molar refractivity (Wildman–Crippen MR) is 93.3 cm³/mol. The van der Waals surface area contributed by atoms with Gasteiger partial charge >= 0.3 is 0 Å². The number of hydrogen-bond donors (Lipinski definition) is 1. The Balaban J connectivity index is 1.82. The van der Waals surface area contributed by atoms with Crippen LogP contribution in [0.4, 0.5) is 0 Å². The second-order valence-corrected chi connectivity index (χ2v) is 5.35. The molecule has 0 bridgehead atoms. The number of aliphatic imine (C=N–C) groups is 1. The minimum atomic E-state index is -0.232. The average Bonchev–Trinajstić information content (AvgIpc) is 2.94. The van der Waals surface area contributed by atoms with Crippen molar-refractivity contribution >= 4 is 22.9 Å². The smallest absolute Gasteiger partial charge is 0.276 e. The number of benzene rings is 2. The first-order chi connectivity index (χ1) is 11.3. The van der Waals surface area contributed by atoms with Crippen LogP contribution in [0.15, 0.2) is 77.9 Å². The number of aromatic amines is 1. The molecule has 0 unspecified atom stereocenters. The van der Waals surface area contributed by atoms with Gasteiger partial charge in [0, 0.05) is 34.5 Å². The monoisotopic (exact) mass is 298 g/mol. The van der Waals surface area contributed by atoms with Gasteiger partial charge < -0.3 is 4.98 Å². The van der Waals surface area contributed by atoms with Crippen molar-refractivity contribution in [3.63, 3.8) is 0 Å². The van der Waals surface area contributed by atoms with Crippen molar-refractivity contribution < 1.29 is 4.79 Å². The van der Waals surface area contributed by atoms with E-state index in [2.05, 4.69) is 22.1 Å². The van der Waals surface area contributed by atoms with E-state index >= 15 is 0 Å². The van der Waals surface area contributed by atoms with Gasteiger partial charge in [0.15, 0.2) is 0 Å². The summed E-state index contributed by atoms with van der Waals surface area (Å²) in [5.74, 6) is -0.232. The van der Waals surface area contributed by atoms with Crippen molar-refractivity contribution in [1.82, 2.24) is 4.98 Å². The standard InChI is InChI=1S/C20H14N2O/c23-20(14-7-2-1-3-8-14)22-13-18-15-9-4-5-10-16(15)19-17(18)11-6-12-21-19/h1-13,21H. The molecule has 1 aliphatic heterocycles. The Bertz CT molecular complexity index is 983. The van der Waals surface area contributed by atoms with E-state index in [0.29, 0.717) is 5.56 Å². The van der Waals surface area contributed by atoms with Gasteiger partial charge in [0.05, 0.1) is 5.69 Å². The maximum atomic E-state index is 12.2. The van der Waals surface area contributed by atoms with Crippen LogP contribution in [0.3, 0.4) is 0 Å². The maximum Gasteiger partial charge on any atom is 0.276 e. The van der Waals surface area contributed by atoms with Gasteiger partial charge in [-0.1, -0.05) is 48.5 Å². The lowest BCUT2D eigenvalue weighted by molar-refractivity contribution is 0.100. The summed E-state index contributed by atoms with van der Waals surface area (Å²) in [6, 6.07) is 21.2. The molecule has 110 valence electrons. The number of aromatic nitrogens is 1. The van der Waals surface area contributed by atoms with Crippen molar-refractivity contribution in [2.24, 2.45) is 4.99 Å². The number of pyridine rings is 1. The quantitative estimate of drug-likeness (QED) is 0.543. The SMILES string of the molecule is O=C(N=Cc1c2ccc[nH]c-2c2ccccc12)c1ccccc1. The highest BCUT2D eigenvalue weighted by molar-refractivity contribution is 6.16. The van der Waals surface area contributed by atoms with Gasteiger partial charge in [0.25, 0.3) is 5.91 Å². The Morgan fingerprint density at radius 2 is 1.61 bits per heavy atom. The molecule has 1 heterocycles. The van der Waals surface area contributed by atoms with Gasteiger partial charge in [-0.2, -0.15) is 0 Å². The van der Waals surface area contributed by atoms with Crippen LogP contribution in [0.2, 0.25) is 0 Å². The summed E-state index contributed by atoms with van der Waals surface area (Å²) in [6.07, 6.45) is 3.58. The van der Waals surface area contributed by atoms with E-state index in [1.165, 1.54) is 0 Å². The van der Waals surface area contributed by atoms with Crippen molar-refractivity contribution in [2.75, 3.05) is 0 Å². The van der Waals surface area contributed by atoms with Gasteiger partial charge in [0.2, 0.25) is 0 Å². The van der Waals surface area contributed by atoms with Crippen molar-refractivity contribution in [3.8, 4) is 11.3 Å². The number of hydrogen-bond acceptors (Lipinski definition) is 1. The molecule has 0 saturated carbocycles. The lowest BCUT2D eigenvalue weighted by Gasteiger charge is -2.00. The molecule has 23 heavy (non-hydrogen) atoms. The maximum absolute atomic E-state index is 12.2. The van der Waals surface area contributed by atoms with E-state index in [1.54, 1.807) is 18.3 Å². The number of nitrogens with zero attached hydrogens (tertiary/aromatic N) is 1. The molecule has 2 aromatic rings. The molecule has 3 nitrogen and oxygen atoms in total. The molecule has 1 aliphatic carbocycles. The zero-order valence-electron chi connectivity index (χ0n) is 12.4. The van der Waals surface area contributed by atoms with Crippen LogP contribution >= 0.6 is 0 Å². The Kier molecular flexibility index (Phi) is 3.24. The van der Waals surface area contributed by atoms with Crippen LogP contribution in [0, 0.1) is 0 Å². The molecule has 0 aromatic heterocycles. The Hall–Kier alpha value is -3.20. The molecule has 4 rings (SSSR count). The first-order valence-corrected chi connectivity index (χ1v) is 7.46. The topological polar surface area (TPSA) is 45.2 Å². The van der Waals surface area contributed by atoms with Gasteiger partial charge in [-0.15, -0.1) is 0 Å². The molecule has 3 heteroatoms. The number of amides is 1. The van der Waals surface area contributed by atoms with Gasteiger partial charge in [-0.25, -0.2) is 4.99 Å². The largest absolute Gasteiger partial charge is 0.361 e. The van der Waals surface area contributed by atoms with Gasteiger partial charge in [-0.3, -0.25) is 4.79 Å². The second kappa shape index (κ2) is 5.54. The Morgan fingerprint density at radius 1 is 0.870 bits per heavy atom. The van der Waals surface area contributed by atoms with Gasteiger partial charge in [0.1, 0.15) is 0 Å². The molecule has 0 radical (unpaired) electrons. The second-order valence-electron chi connectivity index (χ2n) is 5.35. The lowest BCUT2D eigenvalue weighted by Crippen LogP contribution is -1.95. The highest BCUT2D eigenvalue weighted by atomic mass is 16.1. The summed E-state index contributed by atoms with van der Waals surface area (Å²) in [5.41, 5.74) is 3.70. The molecule has 0 saturated heterocycles. The first-order valence-electron chi connectivity index (χ1n) is 7.46. The zero-order chi connectivity index (χ0) is 15.6. The normalized spacial score (nSPS) is 11.5. The average molecular weight is 298 g/mol. The van der Waals surface area contributed by atoms with Crippen LogP contribution in [0.25, 0.3) is 22.0 Å². The summed E-state index contributed by atoms with van der Waals surface area (Å²) >= 11 is 0. The van der Waals surface area contributed by atoms with Crippen molar-refractivity contribution in [1.29, 1.82) is 0 Å². The summed E-state index contributed by atoms with van der Waals surface area (Å²) in [6.45, 7) is 0. The summed E-state index contributed by atoms with van der Waals surface area (Å²) in [7, 11) is 0. The molecule has 0 spiro atoms. The predicted octanol–water partition coefficient (Wildman–Crippen LogP) is 4.53. The summed E-state index contributed by atoms with van der Waals surface area (Å²) in [5, 5.41) is 2.23. The molecule has 0 fully saturated rings. The number of fused-ring (bicyclic) bond motifs is 3. The minimum absolute atomic E-state index is 0.232. The van der Waals surface area contributed by atoms with Crippen LogP contribution in [-0.4, -0.2) is 17.1 Å². The van der Waals surface area contributed by atoms with Crippen molar-refractivity contribution in [3.05, 3.63) is 84.1 Å². The Morgan fingerprint density at radius 3 is 2.43 bits per heavy atom. The lowest BCUT2D eigenvalue weighted by atomic mass is 10.1. The van der Waals surface area contributed by atoms with E-state index in [0.717, 1.165) is 27.6 Å². The van der Waals surface area contributed by atoms with E-state index in [-0.39, 0.29) is 5.91 Å².